The van der Waals surface area contributed by atoms with Crippen molar-refractivity contribution in [2.75, 3.05) is 6.16 Å². The van der Waals surface area contributed by atoms with E-state index in [-0.39, 0.29) is 0 Å². The molecule has 0 aromatic heterocycles. The molecule has 0 fully saturated rings. The van der Waals surface area contributed by atoms with Crippen LogP contribution < -0.4 is 0 Å². The highest BCUT2D eigenvalue weighted by molar-refractivity contribution is 7.68. The van der Waals surface area contributed by atoms with E-state index in [1.807, 2.05) is 0 Å². The Bertz CT molecular complexity index is 274. The molecule has 0 atom stereocenters. The van der Waals surface area contributed by atoms with Crippen LogP contribution in [0.5, 0.6) is 0 Å². The molecule has 1 rings (SSSR count). The summed E-state index contributed by atoms with van der Waals surface area (Å²) in [6.07, 6.45) is 18.7. The normalized spacial score (nSPS) is 15.7. The van der Waals surface area contributed by atoms with Gasteiger partial charge in [0.2, 0.25) is 0 Å². The summed E-state index contributed by atoms with van der Waals surface area (Å²) in [5.41, 5.74) is 0. The molecule has 20 heavy (non-hydrogen) atoms. The lowest BCUT2D eigenvalue weighted by Crippen LogP contribution is -1.99. The summed E-state index contributed by atoms with van der Waals surface area (Å²) in [7, 11) is -2.70. The van der Waals surface area contributed by atoms with Crippen molar-refractivity contribution in [3.63, 3.8) is 0 Å². The molecule has 1 aliphatic rings. The van der Waals surface area contributed by atoms with Gasteiger partial charge in [-0.1, -0.05) is 58.3 Å². The van der Waals surface area contributed by atoms with Gasteiger partial charge in [-0.2, -0.15) is 0 Å². The van der Waals surface area contributed by atoms with Gasteiger partial charge in [0.05, 0.1) is 0 Å². The second-order valence-corrected chi connectivity index (χ2v) is 8.71. The van der Waals surface area contributed by atoms with E-state index in [9.17, 15) is 9.79 Å². The molecule has 0 amide bonds. The van der Waals surface area contributed by atoms with E-state index in [0.29, 0.717) is 6.16 Å². The third-order valence-corrected chi connectivity index (χ3v) is 6.57. The third kappa shape index (κ3) is 7.76. The molecule has 2 nitrogen and oxygen atoms in total. The van der Waals surface area contributed by atoms with Gasteiger partial charge in [-0.05, 0) is 31.8 Å². The zero-order valence-electron chi connectivity index (χ0n) is 13.3. The van der Waals surface area contributed by atoms with Crippen LogP contribution >= 0.6 is 7.72 Å². The van der Waals surface area contributed by atoms with Gasteiger partial charge in [0.15, 0.2) is 0 Å². The summed E-state index contributed by atoms with van der Waals surface area (Å²) in [6, 6.07) is 0. The lowest BCUT2D eigenvalue weighted by molar-refractivity contribution is 0.452. The first-order chi connectivity index (χ1) is 9.67. The first-order valence-corrected chi connectivity index (χ1v) is 10.6. The summed E-state index contributed by atoms with van der Waals surface area (Å²) in [4.78, 5) is 20.3. The molecule has 1 aliphatic carbocycles. The maximum atomic E-state index is 10.1. The molecule has 3 heteroatoms. The van der Waals surface area contributed by atoms with Crippen LogP contribution in [-0.2, 0) is 0 Å². The van der Waals surface area contributed by atoms with E-state index in [1.54, 1.807) is 0 Å². The Kier molecular flexibility index (Phi) is 9.76. The molecule has 2 N–H and O–H groups in total. The van der Waals surface area contributed by atoms with Crippen LogP contribution in [0.1, 0.15) is 90.4 Å². The van der Waals surface area contributed by atoms with Gasteiger partial charge in [0.25, 0.3) is 7.72 Å². The van der Waals surface area contributed by atoms with Crippen LogP contribution in [0.25, 0.3) is 0 Å². The van der Waals surface area contributed by atoms with Crippen LogP contribution in [0.3, 0.4) is 0 Å². The first-order valence-electron chi connectivity index (χ1n) is 8.70. The third-order valence-electron chi connectivity index (χ3n) is 4.30. The lowest BCUT2D eigenvalue weighted by Gasteiger charge is -2.13. The summed E-state index contributed by atoms with van der Waals surface area (Å²) >= 11 is 0. The predicted octanol–water partition coefficient (Wildman–Crippen LogP) is 5.81. The zero-order chi connectivity index (χ0) is 14.7. The standard InChI is InChI=1S/C17H34O2P/c1-2-3-4-5-6-7-8-9-10-13-16-20(18,19)17-14-11-12-15-17/h14,18-19H,2-13,15-16H2,1H3/q+1. The van der Waals surface area contributed by atoms with E-state index in [0.717, 1.165) is 37.4 Å². The number of hydrogen-bond donors (Lipinski definition) is 2. The molecule has 0 radical (unpaired) electrons. The first kappa shape index (κ1) is 18.1. The van der Waals surface area contributed by atoms with Crippen molar-refractivity contribution in [2.45, 2.75) is 90.4 Å². The van der Waals surface area contributed by atoms with Crippen molar-refractivity contribution >= 4 is 7.72 Å². The number of allylic oxidation sites excluding steroid dienone is 2. The van der Waals surface area contributed by atoms with Crippen molar-refractivity contribution in [2.24, 2.45) is 0 Å². The van der Waals surface area contributed by atoms with Gasteiger partial charge in [0.1, 0.15) is 11.5 Å². The van der Waals surface area contributed by atoms with Crippen LogP contribution in [0.15, 0.2) is 11.4 Å². The van der Waals surface area contributed by atoms with E-state index in [1.165, 1.54) is 51.4 Å². The average Bonchev–Trinajstić information content (AvgIpc) is 2.96. The minimum Gasteiger partial charge on any atom is -0.215 e. The van der Waals surface area contributed by atoms with Crippen LogP contribution in [-0.4, -0.2) is 15.9 Å². The van der Waals surface area contributed by atoms with Crippen molar-refractivity contribution < 1.29 is 9.79 Å². The predicted molar refractivity (Wildman–Crippen MR) is 90.0 cm³/mol. The van der Waals surface area contributed by atoms with Crippen LogP contribution in [0, 0.1) is 0 Å². The van der Waals surface area contributed by atoms with Gasteiger partial charge in [-0.3, -0.25) is 0 Å². The molecule has 0 saturated carbocycles. The van der Waals surface area contributed by atoms with Crippen molar-refractivity contribution in [3.05, 3.63) is 11.4 Å². The van der Waals surface area contributed by atoms with E-state index < -0.39 is 7.72 Å². The fourth-order valence-corrected chi connectivity index (χ4v) is 4.83. The molecule has 0 heterocycles. The summed E-state index contributed by atoms with van der Waals surface area (Å²) in [5, 5.41) is 0.966. The molecule has 118 valence electrons. The SMILES string of the molecule is CCCCCCCCCCCC[P+](O)(O)C1=CCCC1. The molecule has 0 unspecified atom stereocenters. The quantitative estimate of drug-likeness (QED) is 0.353. The van der Waals surface area contributed by atoms with Crippen molar-refractivity contribution in [3.8, 4) is 0 Å². The highest BCUT2D eigenvalue weighted by Crippen LogP contribution is 2.61. The fourth-order valence-electron chi connectivity index (χ4n) is 2.94. The maximum absolute atomic E-state index is 10.1. The second kappa shape index (κ2) is 10.8. The highest BCUT2D eigenvalue weighted by Gasteiger charge is 2.38. The van der Waals surface area contributed by atoms with E-state index in [2.05, 4.69) is 13.0 Å². The van der Waals surface area contributed by atoms with Gasteiger partial charge in [-0.25, -0.2) is 9.79 Å². The zero-order valence-corrected chi connectivity index (χ0v) is 14.2. The Hall–Kier alpha value is 0.0900. The van der Waals surface area contributed by atoms with E-state index in [4.69, 9.17) is 0 Å². The van der Waals surface area contributed by atoms with Gasteiger partial charge >= 0.3 is 0 Å². The monoisotopic (exact) mass is 301 g/mol. The van der Waals surface area contributed by atoms with Crippen molar-refractivity contribution in [1.29, 1.82) is 0 Å². The largest absolute Gasteiger partial charge is 0.295 e. The van der Waals surface area contributed by atoms with Crippen molar-refractivity contribution in [1.82, 2.24) is 0 Å². The molecular formula is C17H34O2P+. The molecular weight excluding hydrogens is 267 g/mol. The minimum atomic E-state index is -2.70. The van der Waals surface area contributed by atoms with Gasteiger partial charge in [0, 0.05) is 6.42 Å². The molecule has 0 bridgehead atoms. The maximum Gasteiger partial charge on any atom is 0.295 e. The topological polar surface area (TPSA) is 40.5 Å². The molecule has 0 aromatic rings. The highest BCUT2D eigenvalue weighted by atomic mass is 31.2. The molecule has 0 spiro atoms. The Morgan fingerprint density at radius 1 is 0.900 bits per heavy atom. The lowest BCUT2D eigenvalue weighted by atomic mass is 10.1. The van der Waals surface area contributed by atoms with Gasteiger partial charge < -0.3 is 0 Å². The molecule has 0 aromatic carbocycles. The number of rotatable bonds is 12. The number of hydrogen-bond acceptors (Lipinski definition) is 2. The Morgan fingerprint density at radius 2 is 1.45 bits per heavy atom. The van der Waals surface area contributed by atoms with Crippen LogP contribution in [0.2, 0.25) is 0 Å². The smallest absolute Gasteiger partial charge is 0.215 e. The Balaban J connectivity index is 1.91. The van der Waals surface area contributed by atoms with E-state index >= 15 is 0 Å². The van der Waals surface area contributed by atoms with Crippen LogP contribution in [0.4, 0.5) is 0 Å². The minimum absolute atomic E-state index is 0.620. The Morgan fingerprint density at radius 3 is 1.95 bits per heavy atom. The Labute approximate surface area is 126 Å². The summed E-state index contributed by atoms with van der Waals surface area (Å²) in [5.74, 6) is 0. The second-order valence-electron chi connectivity index (χ2n) is 6.22. The number of unbranched alkanes of at least 4 members (excludes halogenated alkanes) is 9. The molecule has 0 aliphatic heterocycles. The molecule has 0 saturated heterocycles. The van der Waals surface area contributed by atoms with Gasteiger partial charge in [-0.15, -0.1) is 0 Å². The average molecular weight is 301 g/mol. The summed E-state index contributed by atoms with van der Waals surface area (Å²) in [6.45, 7) is 2.26. The summed E-state index contributed by atoms with van der Waals surface area (Å²) < 4.78 is 0. The fraction of sp³-hybridized carbons (Fsp3) is 0.882.